The molecule has 0 aliphatic heterocycles. The summed E-state index contributed by atoms with van der Waals surface area (Å²) < 4.78 is 2.66. The molecule has 0 radical (unpaired) electrons. The van der Waals surface area contributed by atoms with E-state index >= 15 is 0 Å². The highest BCUT2D eigenvalue weighted by molar-refractivity contribution is 7.16. The van der Waals surface area contributed by atoms with Gasteiger partial charge in [0.25, 0.3) is 0 Å². The molecule has 0 fully saturated rings. The van der Waals surface area contributed by atoms with Crippen LogP contribution in [0.5, 0.6) is 0 Å². The molecule has 1 unspecified atom stereocenters. The van der Waals surface area contributed by atoms with E-state index in [0.29, 0.717) is 6.54 Å². The van der Waals surface area contributed by atoms with Gasteiger partial charge < -0.3 is 5.32 Å². The molecule has 6 heteroatoms. The van der Waals surface area contributed by atoms with Crippen molar-refractivity contribution in [2.45, 2.75) is 32.9 Å². The Hall–Kier alpha value is -0.550. The maximum Gasteiger partial charge on any atom is 0.0931 e. The summed E-state index contributed by atoms with van der Waals surface area (Å²) >= 11 is 13.9. The first-order chi connectivity index (χ1) is 9.02. The number of hydrogen-bond acceptors (Lipinski definition) is 3. The van der Waals surface area contributed by atoms with Crippen LogP contribution in [-0.4, -0.2) is 9.78 Å². The van der Waals surface area contributed by atoms with Gasteiger partial charge in [-0.05, 0) is 25.5 Å². The third-order valence-corrected chi connectivity index (χ3v) is 4.95. The van der Waals surface area contributed by atoms with Crippen molar-refractivity contribution in [3.05, 3.63) is 37.8 Å². The van der Waals surface area contributed by atoms with Crippen molar-refractivity contribution in [2.24, 2.45) is 7.05 Å². The summed E-state index contributed by atoms with van der Waals surface area (Å²) in [5.41, 5.74) is 1.97. The van der Waals surface area contributed by atoms with E-state index in [9.17, 15) is 0 Å². The summed E-state index contributed by atoms with van der Waals surface area (Å²) in [5.74, 6) is 0. The van der Waals surface area contributed by atoms with Gasteiger partial charge in [-0.2, -0.15) is 5.10 Å². The first-order valence-corrected chi connectivity index (χ1v) is 7.79. The van der Waals surface area contributed by atoms with Crippen molar-refractivity contribution in [3.8, 4) is 0 Å². The first kappa shape index (κ1) is 14.9. The van der Waals surface area contributed by atoms with Crippen molar-refractivity contribution in [1.82, 2.24) is 15.1 Å². The Balaban J connectivity index is 2.04. The highest BCUT2D eigenvalue weighted by Crippen LogP contribution is 2.27. The van der Waals surface area contributed by atoms with Gasteiger partial charge in [0.1, 0.15) is 0 Å². The van der Waals surface area contributed by atoms with Crippen LogP contribution < -0.4 is 5.32 Å². The Morgan fingerprint density at radius 3 is 2.68 bits per heavy atom. The van der Waals surface area contributed by atoms with Gasteiger partial charge in [0.2, 0.25) is 0 Å². The van der Waals surface area contributed by atoms with Crippen LogP contribution >= 0.6 is 34.5 Å². The van der Waals surface area contributed by atoms with Crippen molar-refractivity contribution < 1.29 is 0 Å². The zero-order valence-corrected chi connectivity index (χ0v) is 13.5. The molecule has 0 bridgehead atoms. The van der Waals surface area contributed by atoms with Crippen LogP contribution in [-0.2, 0) is 20.0 Å². The summed E-state index contributed by atoms with van der Waals surface area (Å²) in [6, 6.07) is 4.22. The van der Waals surface area contributed by atoms with Crippen LogP contribution in [0.2, 0.25) is 9.36 Å². The molecule has 2 aromatic heterocycles. The minimum absolute atomic E-state index is 0.244. The minimum Gasteiger partial charge on any atom is -0.304 e. The van der Waals surface area contributed by atoms with E-state index in [1.165, 1.54) is 4.88 Å². The summed E-state index contributed by atoms with van der Waals surface area (Å²) in [7, 11) is 1.93. The maximum absolute atomic E-state index is 6.32. The van der Waals surface area contributed by atoms with Gasteiger partial charge in [-0.25, -0.2) is 0 Å². The van der Waals surface area contributed by atoms with Crippen LogP contribution in [0, 0.1) is 0 Å². The van der Waals surface area contributed by atoms with Crippen molar-refractivity contribution in [2.75, 3.05) is 0 Å². The number of nitrogens with one attached hydrogen (secondary N) is 1. The lowest BCUT2D eigenvalue weighted by atomic mass is 10.2. The topological polar surface area (TPSA) is 29.9 Å². The Bertz CT molecular complexity index is 562. The van der Waals surface area contributed by atoms with Crippen molar-refractivity contribution >= 4 is 34.5 Å². The average Bonchev–Trinajstić information content (AvgIpc) is 2.92. The van der Waals surface area contributed by atoms with Gasteiger partial charge in [0, 0.05) is 24.5 Å². The first-order valence-electron chi connectivity index (χ1n) is 6.21. The molecule has 2 rings (SSSR count). The molecule has 0 saturated carbocycles. The van der Waals surface area contributed by atoms with Crippen molar-refractivity contribution in [1.29, 1.82) is 0 Å². The van der Waals surface area contributed by atoms with E-state index in [0.717, 1.165) is 27.2 Å². The fourth-order valence-electron chi connectivity index (χ4n) is 1.92. The molecule has 0 aromatic carbocycles. The molecular weight excluding hydrogens is 301 g/mol. The maximum atomic E-state index is 6.32. The summed E-state index contributed by atoms with van der Waals surface area (Å²) in [4.78, 5) is 1.22. The number of rotatable bonds is 5. The molecule has 0 aliphatic carbocycles. The lowest BCUT2D eigenvalue weighted by Crippen LogP contribution is -2.19. The molecule has 0 aliphatic rings. The van der Waals surface area contributed by atoms with E-state index in [1.807, 2.05) is 23.9 Å². The number of aromatic nitrogens is 2. The number of nitrogens with zero attached hydrogens (tertiary/aromatic N) is 2. The fraction of sp³-hybridized carbons (Fsp3) is 0.462. The van der Waals surface area contributed by atoms with Gasteiger partial charge in [-0.1, -0.05) is 30.1 Å². The monoisotopic (exact) mass is 317 g/mol. The van der Waals surface area contributed by atoms with E-state index in [2.05, 4.69) is 24.3 Å². The van der Waals surface area contributed by atoms with Gasteiger partial charge in [0.05, 0.1) is 20.7 Å². The number of halogens is 2. The third-order valence-electron chi connectivity index (χ3n) is 3.10. The van der Waals surface area contributed by atoms with Crippen LogP contribution in [0.4, 0.5) is 0 Å². The molecule has 1 atom stereocenters. The molecule has 19 heavy (non-hydrogen) atoms. The summed E-state index contributed by atoms with van der Waals surface area (Å²) in [5, 5.41) is 8.64. The predicted octanol–water partition coefficient (Wildman–Crippen LogP) is 4.20. The van der Waals surface area contributed by atoms with Crippen molar-refractivity contribution in [3.63, 3.8) is 0 Å². The lowest BCUT2D eigenvalue weighted by Gasteiger charge is -2.12. The van der Waals surface area contributed by atoms with Crippen LogP contribution in [0.1, 0.15) is 36.2 Å². The zero-order valence-electron chi connectivity index (χ0n) is 11.2. The van der Waals surface area contributed by atoms with Gasteiger partial charge in [0.15, 0.2) is 0 Å². The quantitative estimate of drug-likeness (QED) is 0.895. The Kier molecular flexibility index (Phi) is 4.90. The predicted molar refractivity (Wildman–Crippen MR) is 82.2 cm³/mol. The second-order valence-electron chi connectivity index (χ2n) is 4.43. The lowest BCUT2D eigenvalue weighted by molar-refractivity contribution is 0.554. The van der Waals surface area contributed by atoms with Gasteiger partial charge in [-0.15, -0.1) is 11.3 Å². The second kappa shape index (κ2) is 6.27. The molecule has 104 valence electrons. The molecule has 1 N–H and O–H groups in total. The molecular formula is C13H17Cl2N3S. The van der Waals surface area contributed by atoms with E-state index in [1.54, 1.807) is 11.3 Å². The van der Waals surface area contributed by atoms with Crippen LogP contribution in [0.3, 0.4) is 0 Å². The minimum atomic E-state index is 0.244. The largest absolute Gasteiger partial charge is 0.304 e. The molecule has 3 nitrogen and oxygen atoms in total. The molecule has 2 aromatic rings. The standard InChI is InChI=1S/C13H17Cl2N3S/c1-4-9-13(15)10(18(3)17-9)7-16-8(2)11-5-6-12(14)19-11/h5-6,8,16H,4,7H2,1-3H3. The average molecular weight is 318 g/mol. The van der Waals surface area contributed by atoms with E-state index in [-0.39, 0.29) is 6.04 Å². The summed E-state index contributed by atoms with van der Waals surface area (Å²) in [6.07, 6.45) is 0.850. The van der Waals surface area contributed by atoms with Crippen LogP contribution in [0.25, 0.3) is 0 Å². The number of hydrogen-bond donors (Lipinski definition) is 1. The molecule has 0 spiro atoms. The summed E-state index contributed by atoms with van der Waals surface area (Å²) in [6.45, 7) is 4.87. The highest BCUT2D eigenvalue weighted by atomic mass is 35.5. The zero-order chi connectivity index (χ0) is 14.0. The highest BCUT2D eigenvalue weighted by Gasteiger charge is 2.14. The smallest absolute Gasteiger partial charge is 0.0931 e. The fourth-order valence-corrected chi connectivity index (χ4v) is 3.37. The van der Waals surface area contributed by atoms with E-state index in [4.69, 9.17) is 23.2 Å². The molecule has 0 amide bonds. The van der Waals surface area contributed by atoms with Gasteiger partial charge >= 0.3 is 0 Å². The molecule has 2 heterocycles. The van der Waals surface area contributed by atoms with Crippen LogP contribution in [0.15, 0.2) is 12.1 Å². The number of aryl methyl sites for hydroxylation is 2. The van der Waals surface area contributed by atoms with E-state index < -0.39 is 0 Å². The Labute approximate surface area is 127 Å². The normalized spacial score (nSPS) is 12.9. The number of thiophene rings is 1. The molecule has 0 saturated heterocycles. The Morgan fingerprint density at radius 2 is 2.16 bits per heavy atom. The van der Waals surface area contributed by atoms with Gasteiger partial charge in [-0.3, -0.25) is 4.68 Å². The SMILES string of the molecule is CCc1nn(C)c(CNC(C)c2ccc(Cl)s2)c1Cl. The Morgan fingerprint density at radius 1 is 1.42 bits per heavy atom. The third kappa shape index (κ3) is 3.31. The second-order valence-corrected chi connectivity index (χ2v) is 6.55.